The van der Waals surface area contributed by atoms with Crippen LogP contribution in [0.3, 0.4) is 0 Å². The van der Waals surface area contributed by atoms with Crippen LogP contribution in [0.1, 0.15) is 19.8 Å². The third kappa shape index (κ3) is 4.28. The Bertz CT molecular complexity index is 144. The SMILES string of the molecule is CCC(N=O)C(O)C(O)CCNO. The molecule has 0 rings (SSSR count). The van der Waals surface area contributed by atoms with Gasteiger partial charge < -0.3 is 15.4 Å². The number of hydrogen-bond acceptors (Lipinski definition) is 6. The number of nitrogens with one attached hydrogen (secondary N) is 1. The highest BCUT2D eigenvalue weighted by Crippen LogP contribution is 2.09. The van der Waals surface area contributed by atoms with Gasteiger partial charge in [-0.3, -0.25) is 0 Å². The lowest BCUT2D eigenvalue weighted by Gasteiger charge is -2.20. The number of nitroso groups, excluding NO2 is 1. The van der Waals surface area contributed by atoms with Crippen molar-refractivity contribution in [3.63, 3.8) is 0 Å². The molecule has 0 aromatic heterocycles. The molecular formula is C7H16N2O4. The highest BCUT2D eigenvalue weighted by Gasteiger charge is 2.25. The minimum atomic E-state index is -1.16. The van der Waals surface area contributed by atoms with E-state index in [0.717, 1.165) is 0 Å². The van der Waals surface area contributed by atoms with Gasteiger partial charge in [0.15, 0.2) is 0 Å². The number of nitrogens with zero attached hydrogens (tertiary/aromatic N) is 1. The summed E-state index contributed by atoms with van der Waals surface area (Å²) in [5.41, 5.74) is 1.85. The molecule has 0 aliphatic rings. The lowest BCUT2D eigenvalue weighted by molar-refractivity contribution is -0.00558. The van der Waals surface area contributed by atoms with Crippen molar-refractivity contribution in [3.8, 4) is 0 Å². The van der Waals surface area contributed by atoms with Crippen molar-refractivity contribution in [3.05, 3.63) is 4.91 Å². The maximum Gasteiger partial charge on any atom is 0.120 e. The zero-order valence-electron chi connectivity index (χ0n) is 7.55. The van der Waals surface area contributed by atoms with Gasteiger partial charge in [-0.15, -0.1) is 0 Å². The van der Waals surface area contributed by atoms with Gasteiger partial charge in [0, 0.05) is 6.54 Å². The average Bonchev–Trinajstić information content (AvgIpc) is 2.15. The summed E-state index contributed by atoms with van der Waals surface area (Å²) in [5.74, 6) is 0. The number of hydrogen-bond donors (Lipinski definition) is 4. The Morgan fingerprint density at radius 2 is 2.08 bits per heavy atom. The molecule has 0 radical (unpaired) electrons. The Morgan fingerprint density at radius 1 is 1.46 bits per heavy atom. The van der Waals surface area contributed by atoms with E-state index in [1.807, 2.05) is 5.48 Å². The molecule has 0 aliphatic heterocycles. The topological polar surface area (TPSA) is 102 Å². The standard InChI is InChI=1S/C7H16N2O4/c1-2-5(9-13)7(11)6(10)3-4-8-12/h5-8,10-12H,2-4H2,1H3. The fourth-order valence-electron chi connectivity index (χ4n) is 1.02. The first-order chi connectivity index (χ1) is 6.17. The molecule has 6 heteroatoms. The normalized spacial score (nSPS) is 17.8. The molecule has 0 aromatic carbocycles. The van der Waals surface area contributed by atoms with E-state index in [2.05, 4.69) is 5.18 Å². The van der Waals surface area contributed by atoms with Crippen LogP contribution in [-0.2, 0) is 0 Å². The first-order valence-electron chi connectivity index (χ1n) is 4.22. The highest BCUT2D eigenvalue weighted by atomic mass is 16.5. The van der Waals surface area contributed by atoms with Crippen LogP contribution in [0.2, 0.25) is 0 Å². The van der Waals surface area contributed by atoms with Gasteiger partial charge >= 0.3 is 0 Å². The zero-order chi connectivity index (χ0) is 10.3. The molecule has 0 fully saturated rings. The van der Waals surface area contributed by atoms with Gasteiger partial charge in [0.1, 0.15) is 12.1 Å². The average molecular weight is 192 g/mol. The van der Waals surface area contributed by atoms with Crippen LogP contribution in [0.5, 0.6) is 0 Å². The smallest absolute Gasteiger partial charge is 0.120 e. The van der Waals surface area contributed by atoms with Crippen LogP contribution in [-0.4, -0.2) is 40.2 Å². The van der Waals surface area contributed by atoms with Crippen LogP contribution < -0.4 is 5.48 Å². The Kier molecular flexibility index (Phi) is 6.61. The van der Waals surface area contributed by atoms with Crippen molar-refractivity contribution in [2.24, 2.45) is 5.18 Å². The van der Waals surface area contributed by atoms with E-state index in [-0.39, 0.29) is 13.0 Å². The summed E-state index contributed by atoms with van der Waals surface area (Å²) in [4.78, 5) is 10.2. The summed E-state index contributed by atoms with van der Waals surface area (Å²) in [5, 5.41) is 29.5. The molecule has 0 heterocycles. The lowest BCUT2D eigenvalue weighted by Crippen LogP contribution is -2.37. The van der Waals surface area contributed by atoms with Crippen molar-refractivity contribution < 1.29 is 15.4 Å². The summed E-state index contributed by atoms with van der Waals surface area (Å²) in [6, 6.07) is -0.784. The largest absolute Gasteiger partial charge is 0.390 e. The van der Waals surface area contributed by atoms with E-state index in [1.165, 1.54) is 0 Å². The predicted molar refractivity (Wildman–Crippen MR) is 46.3 cm³/mol. The molecule has 0 amide bonds. The Balaban J connectivity index is 3.90. The molecule has 3 unspecified atom stereocenters. The van der Waals surface area contributed by atoms with Crippen molar-refractivity contribution >= 4 is 0 Å². The fraction of sp³-hybridized carbons (Fsp3) is 1.00. The molecule has 6 nitrogen and oxygen atoms in total. The molecule has 78 valence electrons. The maximum absolute atomic E-state index is 10.2. The summed E-state index contributed by atoms with van der Waals surface area (Å²) in [7, 11) is 0. The van der Waals surface area contributed by atoms with E-state index < -0.39 is 18.2 Å². The third-order valence-corrected chi connectivity index (χ3v) is 1.89. The van der Waals surface area contributed by atoms with Crippen LogP contribution in [0.4, 0.5) is 0 Å². The van der Waals surface area contributed by atoms with Crippen LogP contribution in [0.15, 0.2) is 5.18 Å². The van der Waals surface area contributed by atoms with E-state index in [9.17, 15) is 15.1 Å². The van der Waals surface area contributed by atoms with Gasteiger partial charge in [-0.25, -0.2) is 5.48 Å². The Morgan fingerprint density at radius 3 is 2.46 bits per heavy atom. The molecular weight excluding hydrogens is 176 g/mol. The van der Waals surface area contributed by atoms with Crippen molar-refractivity contribution in [1.82, 2.24) is 5.48 Å². The van der Waals surface area contributed by atoms with Gasteiger partial charge in [0.05, 0.1) is 6.10 Å². The minimum absolute atomic E-state index is 0.160. The van der Waals surface area contributed by atoms with Crippen LogP contribution >= 0.6 is 0 Å². The monoisotopic (exact) mass is 192 g/mol. The summed E-state index contributed by atoms with van der Waals surface area (Å²) in [6.07, 6.45) is -1.64. The van der Waals surface area contributed by atoms with Crippen LogP contribution in [0, 0.1) is 4.91 Å². The van der Waals surface area contributed by atoms with Crippen molar-refractivity contribution in [2.75, 3.05) is 6.54 Å². The second-order valence-corrected chi connectivity index (χ2v) is 2.84. The molecule has 3 atom stereocenters. The molecule has 0 spiro atoms. The van der Waals surface area contributed by atoms with Crippen molar-refractivity contribution in [2.45, 2.75) is 38.0 Å². The minimum Gasteiger partial charge on any atom is -0.390 e. The van der Waals surface area contributed by atoms with E-state index in [1.54, 1.807) is 6.92 Å². The Hall–Kier alpha value is -0.560. The third-order valence-electron chi connectivity index (χ3n) is 1.89. The molecule has 0 bridgehead atoms. The number of rotatable bonds is 7. The van der Waals surface area contributed by atoms with Gasteiger partial charge in [-0.1, -0.05) is 12.1 Å². The molecule has 0 saturated heterocycles. The quantitative estimate of drug-likeness (QED) is 0.325. The van der Waals surface area contributed by atoms with Gasteiger partial charge in [0.2, 0.25) is 0 Å². The number of hydroxylamine groups is 1. The van der Waals surface area contributed by atoms with E-state index in [4.69, 9.17) is 5.21 Å². The van der Waals surface area contributed by atoms with E-state index >= 15 is 0 Å². The fourth-order valence-corrected chi connectivity index (χ4v) is 1.02. The summed E-state index contributed by atoms with van der Waals surface area (Å²) in [6.45, 7) is 1.86. The van der Waals surface area contributed by atoms with Gasteiger partial charge in [-0.05, 0) is 12.8 Å². The first-order valence-corrected chi connectivity index (χ1v) is 4.22. The molecule has 0 aromatic rings. The van der Waals surface area contributed by atoms with Crippen molar-refractivity contribution in [1.29, 1.82) is 0 Å². The highest BCUT2D eigenvalue weighted by molar-refractivity contribution is 4.80. The lowest BCUT2D eigenvalue weighted by atomic mass is 10.0. The second-order valence-electron chi connectivity index (χ2n) is 2.84. The number of aliphatic hydroxyl groups excluding tert-OH is 2. The van der Waals surface area contributed by atoms with Gasteiger partial charge in [0.25, 0.3) is 0 Å². The molecule has 0 saturated carbocycles. The summed E-state index contributed by atoms with van der Waals surface area (Å²) >= 11 is 0. The molecule has 0 aliphatic carbocycles. The van der Waals surface area contributed by atoms with Gasteiger partial charge in [-0.2, -0.15) is 4.91 Å². The predicted octanol–water partition coefficient (Wildman–Crippen LogP) is -0.378. The zero-order valence-corrected chi connectivity index (χ0v) is 7.55. The maximum atomic E-state index is 10.2. The second kappa shape index (κ2) is 6.90. The number of aliphatic hydroxyl groups is 2. The molecule has 13 heavy (non-hydrogen) atoms. The first kappa shape index (κ1) is 12.4. The van der Waals surface area contributed by atoms with Crippen LogP contribution in [0.25, 0.3) is 0 Å². The Labute approximate surface area is 76.5 Å². The van der Waals surface area contributed by atoms with E-state index in [0.29, 0.717) is 6.42 Å². The molecule has 4 N–H and O–H groups in total. The summed E-state index contributed by atoms with van der Waals surface area (Å²) < 4.78 is 0.